The molecular weight excluding hydrogens is 411 g/mol. The van der Waals surface area contributed by atoms with Crippen molar-refractivity contribution in [3.05, 3.63) is 28.2 Å². The van der Waals surface area contributed by atoms with Crippen LogP contribution in [-0.4, -0.2) is 31.5 Å². The van der Waals surface area contributed by atoms with Crippen molar-refractivity contribution in [2.45, 2.75) is 44.9 Å². The van der Waals surface area contributed by atoms with E-state index in [9.17, 15) is 9.59 Å². The van der Waals surface area contributed by atoms with E-state index in [-0.39, 0.29) is 23.8 Å². The van der Waals surface area contributed by atoms with Gasteiger partial charge in [0.15, 0.2) is 0 Å². The molecule has 29 heavy (non-hydrogen) atoms. The standard InChI is InChI=1S/C22H28Cl2N2O3/c23-17-2-3-19(18(24)9-17)29-5-1-4-25-20(27)13-26-21(28)22-10-14-6-15(11-22)8-16(7-14)12-22/h2-3,9,14-16H,1,4-8,10-13H2,(H,25,27)(H,26,28). The third-order valence-electron chi connectivity index (χ3n) is 6.72. The Kier molecular flexibility index (Phi) is 6.26. The summed E-state index contributed by atoms with van der Waals surface area (Å²) in [6, 6.07) is 5.08. The van der Waals surface area contributed by atoms with Gasteiger partial charge in [-0.25, -0.2) is 0 Å². The molecule has 0 radical (unpaired) electrons. The fraction of sp³-hybridized carbons (Fsp3) is 0.636. The number of benzene rings is 1. The van der Waals surface area contributed by atoms with Gasteiger partial charge in [-0.3, -0.25) is 9.59 Å². The van der Waals surface area contributed by atoms with Gasteiger partial charge in [0.2, 0.25) is 11.8 Å². The van der Waals surface area contributed by atoms with Gasteiger partial charge in [0.1, 0.15) is 5.75 Å². The zero-order chi connectivity index (χ0) is 20.4. The van der Waals surface area contributed by atoms with Gasteiger partial charge in [-0.2, -0.15) is 0 Å². The molecule has 5 rings (SSSR count). The van der Waals surface area contributed by atoms with Crippen molar-refractivity contribution in [1.29, 1.82) is 0 Å². The topological polar surface area (TPSA) is 67.4 Å². The van der Waals surface area contributed by atoms with Crippen LogP contribution in [0, 0.1) is 23.2 Å². The van der Waals surface area contributed by atoms with Crippen LogP contribution >= 0.6 is 23.2 Å². The van der Waals surface area contributed by atoms with Gasteiger partial charge < -0.3 is 15.4 Å². The Balaban J connectivity index is 1.14. The van der Waals surface area contributed by atoms with E-state index in [1.54, 1.807) is 18.2 Å². The van der Waals surface area contributed by atoms with E-state index in [0.29, 0.717) is 35.4 Å². The number of carbonyl (C=O) groups is 2. The van der Waals surface area contributed by atoms with Crippen LogP contribution in [0.4, 0.5) is 0 Å². The van der Waals surface area contributed by atoms with E-state index in [2.05, 4.69) is 10.6 Å². The molecule has 4 fully saturated rings. The van der Waals surface area contributed by atoms with E-state index >= 15 is 0 Å². The van der Waals surface area contributed by atoms with Crippen LogP contribution in [0.2, 0.25) is 10.0 Å². The Hall–Kier alpha value is -1.46. The first-order chi connectivity index (χ1) is 13.9. The molecule has 0 atom stereocenters. The minimum absolute atomic E-state index is 0.0461. The van der Waals surface area contributed by atoms with Gasteiger partial charge in [0.25, 0.3) is 0 Å². The fourth-order valence-electron chi connectivity index (χ4n) is 5.87. The van der Waals surface area contributed by atoms with Crippen molar-refractivity contribution < 1.29 is 14.3 Å². The molecule has 2 amide bonds. The van der Waals surface area contributed by atoms with Crippen molar-refractivity contribution in [1.82, 2.24) is 10.6 Å². The van der Waals surface area contributed by atoms with Gasteiger partial charge in [-0.05, 0) is 80.9 Å². The molecule has 7 heteroatoms. The second-order valence-corrected chi connectivity index (χ2v) is 9.85. The Bertz CT molecular complexity index is 748. The molecule has 158 valence electrons. The van der Waals surface area contributed by atoms with Crippen LogP contribution < -0.4 is 15.4 Å². The number of nitrogens with one attached hydrogen (secondary N) is 2. The highest BCUT2D eigenvalue weighted by atomic mass is 35.5. The number of rotatable bonds is 8. The summed E-state index contributed by atoms with van der Waals surface area (Å²) in [5.74, 6) is 2.66. The predicted octanol–water partition coefficient (Wildman–Crippen LogP) is 4.21. The quantitative estimate of drug-likeness (QED) is 0.597. The largest absolute Gasteiger partial charge is 0.492 e. The normalized spacial score (nSPS) is 29.5. The van der Waals surface area contributed by atoms with Crippen LogP contribution in [0.15, 0.2) is 18.2 Å². The van der Waals surface area contributed by atoms with Crippen molar-refractivity contribution in [3.63, 3.8) is 0 Å². The Morgan fingerprint density at radius 3 is 2.31 bits per heavy atom. The maximum absolute atomic E-state index is 12.9. The van der Waals surface area contributed by atoms with E-state index in [1.165, 1.54) is 19.3 Å². The third-order valence-corrected chi connectivity index (χ3v) is 7.25. The van der Waals surface area contributed by atoms with E-state index < -0.39 is 0 Å². The van der Waals surface area contributed by atoms with Crippen molar-refractivity contribution >= 4 is 35.0 Å². The van der Waals surface area contributed by atoms with Crippen molar-refractivity contribution in [2.24, 2.45) is 23.2 Å². The molecule has 4 aliphatic carbocycles. The van der Waals surface area contributed by atoms with E-state index in [4.69, 9.17) is 27.9 Å². The van der Waals surface area contributed by atoms with Crippen LogP contribution in [0.5, 0.6) is 5.75 Å². The lowest BCUT2D eigenvalue weighted by molar-refractivity contribution is -0.147. The molecule has 2 N–H and O–H groups in total. The average Bonchev–Trinajstić information content (AvgIpc) is 2.66. The highest BCUT2D eigenvalue weighted by Gasteiger charge is 2.54. The number of hydrogen-bond donors (Lipinski definition) is 2. The van der Waals surface area contributed by atoms with Crippen LogP contribution in [0.1, 0.15) is 44.9 Å². The predicted molar refractivity (Wildman–Crippen MR) is 113 cm³/mol. The minimum Gasteiger partial charge on any atom is -0.492 e. The lowest BCUT2D eigenvalue weighted by atomic mass is 9.49. The van der Waals surface area contributed by atoms with Crippen molar-refractivity contribution in [2.75, 3.05) is 19.7 Å². The zero-order valence-corrected chi connectivity index (χ0v) is 18.0. The van der Waals surface area contributed by atoms with Gasteiger partial charge >= 0.3 is 0 Å². The summed E-state index contributed by atoms with van der Waals surface area (Å²) in [5, 5.41) is 6.77. The molecule has 0 aliphatic heterocycles. The first kappa shape index (κ1) is 20.8. The van der Waals surface area contributed by atoms with Crippen LogP contribution in [0.25, 0.3) is 0 Å². The number of carbonyl (C=O) groups excluding carboxylic acids is 2. The van der Waals surface area contributed by atoms with Crippen molar-refractivity contribution in [3.8, 4) is 5.75 Å². The zero-order valence-electron chi connectivity index (χ0n) is 16.5. The van der Waals surface area contributed by atoms with Crippen LogP contribution in [0.3, 0.4) is 0 Å². The molecule has 4 bridgehead atoms. The fourth-order valence-corrected chi connectivity index (χ4v) is 6.34. The molecule has 1 aromatic rings. The third kappa shape index (κ3) is 4.83. The molecule has 0 aromatic heterocycles. The first-order valence-corrected chi connectivity index (χ1v) is 11.3. The maximum Gasteiger partial charge on any atom is 0.239 e. The summed E-state index contributed by atoms with van der Waals surface area (Å²) < 4.78 is 5.60. The van der Waals surface area contributed by atoms with E-state index in [0.717, 1.165) is 37.0 Å². The summed E-state index contributed by atoms with van der Waals surface area (Å²) in [6.07, 6.45) is 7.59. The average molecular weight is 439 g/mol. The highest BCUT2D eigenvalue weighted by molar-refractivity contribution is 6.35. The molecule has 5 nitrogen and oxygen atoms in total. The maximum atomic E-state index is 12.9. The van der Waals surface area contributed by atoms with Gasteiger partial charge in [-0.1, -0.05) is 23.2 Å². The summed E-state index contributed by atoms with van der Waals surface area (Å²) in [6.45, 7) is 0.961. The Morgan fingerprint density at radius 1 is 1.03 bits per heavy atom. The highest BCUT2D eigenvalue weighted by Crippen LogP contribution is 2.60. The van der Waals surface area contributed by atoms with Gasteiger partial charge in [-0.15, -0.1) is 0 Å². The second kappa shape index (κ2) is 8.73. The molecule has 1 aromatic carbocycles. The number of ether oxygens (including phenoxy) is 1. The molecule has 4 aliphatic rings. The number of halogens is 2. The number of hydrogen-bond acceptors (Lipinski definition) is 3. The summed E-state index contributed by atoms with van der Waals surface area (Å²) in [7, 11) is 0. The van der Waals surface area contributed by atoms with Gasteiger partial charge in [0.05, 0.1) is 18.2 Å². The summed E-state index contributed by atoms with van der Waals surface area (Å²) in [4.78, 5) is 25.0. The molecule has 0 unspecified atom stereocenters. The molecule has 0 heterocycles. The Morgan fingerprint density at radius 2 is 1.69 bits per heavy atom. The number of amides is 2. The summed E-state index contributed by atoms with van der Waals surface area (Å²) in [5.41, 5.74) is -0.208. The minimum atomic E-state index is -0.208. The van der Waals surface area contributed by atoms with Crippen LogP contribution in [-0.2, 0) is 9.59 Å². The smallest absolute Gasteiger partial charge is 0.239 e. The molecule has 0 saturated heterocycles. The monoisotopic (exact) mass is 438 g/mol. The lowest BCUT2D eigenvalue weighted by Gasteiger charge is -2.55. The molecular formula is C22H28Cl2N2O3. The SMILES string of the molecule is O=C(CNC(=O)C12CC3CC(CC(C3)C1)C2)NCCCOc1ccc(Cl)cc1Cl. The second-order valence-electron chi connectivity index (χ2n) is 9.01. The first-order valence-electron chi connectivity index (χ1n) is 10.6. The van der Waals surface area contributed by atoms with E-state index in [1.807, 2.05) is 0 Å². The Labute approximate surface area is 181 Å². The summed E-state index contributed by atoms with van der Waals surface area (Å²) >= 11 is 11.9. The van der Waals surface area contributed by atoms with Gasteiger partial charge in [0, 0.05) is 17.0 Å². The lowest BCUT2D eigenvalue weighted by Crippen LogP contribution is -2.54. The molecule has 4 saturated carbocycles. The molecule has 0 spiro atoms.